The summed E-state index contributed by atoms with van der Waals surface area (Å²) < 4.78 is 0. The quantitative estimate of drug-likeness (QED) is 0.857. The van der Waals surface area contributed by atoms with Crippen molar-refractivity contribution in [1.29, 1.82) is 0 Å². The van der Waals surface area contributed by atoms with Crippen molar-refractivity contribution in [2.75, 3.05) is 26.2 Å². The van der Waals surface area contributed by atoms with Gasteiger partial charge in [-0.1, -0.05) is 6.08 Å². The molecule has 0 radical (unpaired) electrons. The second-order valence-corrected chi connectivity index (χ2v) is 6.64. The largest absolute Gasteiger partial charge is 0.353 e. The Bertz CT molecular complexity index is 437. The van der Waals surface area contributed by atoms with Crippen LogP contribution in [0.1, 0.15) is 46.5 Å². The third-order valence-electron chi connectivity index (χ3n) is 4.53. The van der Waals surface area contributed by atoms with Crippen LogP contribution in [-0.2, 0) is 9.59 Å². The summed E-state index contributed by atoms with van der Waals surface area (Å²) in [5.41, 5.74) is 0.991. The van der Waals surface area contributed by atoms with Crippen LogP contribution in [0.15, 0.2) is 11.6 Å². The number of nitrogens with one attached hydrogen (secondary N) is 1. The average Bonchev–Trinajstić information content (AvgIpc) is 2.54. The second-order valence-electron chi connectivity index (χ2n) is 6.64. The van der Waals surface area contributed by atoms with E-state index in [1.165, 1.54) is 6.42 Å². The number of rotatable bonds is 4. The zero-order valence-corrected chi connectivity index (χ0v) is 14.1. The Hall–Kier alpha value is -1.36. The van der Waals surface area contributed by atoms with Crippen LogP contribution < -0.4 is 5.32 Å². The third-order valence-corrected chi connectivity index (χ3v) is 4.53. The van der Waals surface area contributed by atoms with E-state index in [1.54, 1.807) is 0 Å². The molecule has 5 heteroatoms. The molecule has 0 spiro atoms. The van der Waals surface area contributed by atoms with Crippen molar-refractivity contribution in [2.45, 2.75) is 58.5 Å². The molecule has 2 amide bonds. The first-order valence-corrected chi connectivity index (χ1v) is 8.51. The number of carbonyl (C=O) groups is 2. The summed E-state index contributed by atoms with van der Waals surface area (Å²) in [5, 5.41) is 2.96. The van der Waals surface area contributed by atoms with E-state index in [1.807, 2.05) is 25.7 Å². The smallest absolute Gasteiger partial charge is 0.249 e. The monoisotopic (exact) mass is 307 g/mol. The number of nitrogens with zero attached hydrogens (tertiary/aromatic N) is 2. The van der Waals surface area contributed by atoms with E-state index in [0.717, 1.165) is 51.0 Å². The highest BCUT2D eigenvalue weighted by Crippen LogP contribution is 2.20. The van der Waals surface area contributed by atoms with Gasteiger partial charge in [-0.15, -0.1) is 0 Å². The van der Waals surface area contributed by atoms with Gasteiger partial charge in [-0.05, 0) is 46.5 Å². The topological polar surface area (TPSA) is 52.7 Å². The van der Waals surface area contributed by atoms with Crippen LogP contribution in [0, 0.1) is 0 Å². The standard InChI is InChI=1S/C17H29N3O2/c1-13(2)18-16(21)14(3)19-9-11-20(12-10-19)17(22)15-7-5-4-6-8-15/h7,13-14H,4-6,8-12H2,1-3H3,(H,18,21). The lowest BCUT2D eigenvalue weighted by molar-refractivity contribution is -0.131. The molecule has 0 bridgehead atoms. The van der Waals surface area contributed by atoms with E-state index in [-0.39, 0.29) is 23.9 Å². The van der Waals surface area contributed by atoms with Gasteiger partial charge in [0.25, 0.3) is 0 Å². The van der Waals surface area contributed by atoms with Crippen molar-refractivity contribution in [3.8, 4) is 0 Å². The summed E-state index contributed by atoms with van der Waals surface area (Å²) in [6.45, 7) is 8.86. The molecule has 1 saturated heterocycles. The Morgan fingerprint density at radius 2 is 1.77 bits per heavy atom. The number of allylic oxidation sites excluding steroid dienone is 1. The molecule has 22 heavy (non-hydrogen) atoms. The van der Waals surface area contributed by atoms with Gasteiger partial charge in [0.05, 0.1) is 6.04 Å². The first-order valence-electron chi connectivity index (χ1n) is 8.51. The summed E-state index contributed by atoms with van der Waals surface area (Å²) >= 11 is 0. The Morgan fingerprint density at radius 3 is 2.32 bits per heavy atom. The average molecular weight is 307 g/mol. The van der Waals surface area contributed by atoms with E-state index in [2.05, 4.69) is 16.3 Å². The molecule has 1 atom stereocenters. The molecule has 1 N–H and O–H groups in total. The molecule has 2 rings (SSSR count). The van der Waals surface area contributed by atoms with Crippen molar-refractivity contribution < 1.29 is 9.59 Å². The van der Waals surface area contributed by atoms with Gasteiger partial charge in [0.15, 0.2) is 0 Å². The summed E-state index contributed by atoms with van der Waals surface area (Å²) in [5.74, 6) is 0.281. The van der Waals surface area contributed by atoms with Crippen LogP contribution in [0.2, 0.25) is 0 Å². The lowest BCUT2D eigenvalue weighted by Gasteiger charge is -2.38. The van der Waals surface area contributed by atoms with Gasteiger partial charge < -0.3 is 10.2 Å². The fraction of sp³-hybridized carbons (Fsp3) is 0.765. The molecule has 0 aromatic carbocycles. The van der Waals surface area contributed by atoms with Crippen molar-refractivity contribution in [2.24, 2.45) is 0 Å². The van der Waals surface area contributed by atoms with Crippen molar-refractivity contribution >= 4 is 11.8 Å². The minimum Gasteiger partial charge on any atom is -0.353 e. The molecule has 2 aliphatic rings. The fourth-order valence-corrected chi connectivity index (χ4v) is 3.12. The predicted molar refractivity (Wildman–Crippen MR) is 87.4 cm³/mol. The van der Waals surface area contributed by atoms with Crippen molar-refractivity contribution in [1.82, 2.24) is 15.1 Å². The number of hydrogen-bond acceptors (Lipinski definition) is 3. The molecule has 0 saturated carbocycles. The second kappa shape index (κ2) is 7.77. The number of amides is 2. The molecule has 1 fully saturated rings. The summed E-state index contributed by atoms with van der Waals surface area (Å²) in [6, 6.07) is 0.0320. The first kappa shape index (κ1) is 17.0. The predicted octanol–water partition coefficient (Wildman–Crippen LogP) is 1.54. The third kappa shape index (κ3) is 4.32. The maximum absolute atomic E-state index is 12.5. The molecule has 1 unspecified atom stereocenters. The summed E-state index contributed by atoms with van der Waals surface area (Å²) in [6.07, 6.45) is 6.40. The maximum atomic E-state index is 12.5. The van der Waals surface area contributed by atoms with Crippen LogP contribution in [0.4, 0.5) is 0 Å². The molecule has 1 heterocycles. The molecular formula is C17H29N3O2. The van der Waals surface area contributed by atoms with Gasteiger partial charge in [0.1, 0.15) is 0 Å². The van der Waals surface area contributed by atoms with Gasteiger partial charge in [0.2, 0.25) is 11.8 Å². The van der Waals surface area contributed by atoms with E-state index in [0.29, 0.717) is 0 Å². The zero-order valence-electron chi connectivity index (χ0n) is 14.1. The van der Waals surface area contributed by atoms with Crippen LogP contribution in [0.3, 0.4) is 0 Å². The first-order chi connectivity index (χ1) is 10.5. The zero-order chi connectivity index (χ0) is 16.1. The number of hydrogen-bond donors (Lipinski definition) is 1. The highest BCUT2D eigenvalue weighted by molar-refractivity contribution is 5.93. The molecule has 1 aliphatic heterocycles. The van der Waals surface area contributed by atoms with E-state index < -0.39 is 0 Å². The van der Waals surface area contributed by atoms with Crippen molar-refractivity contribution in [3.05, 3.63) is 11.6 Å². The van der Waals surface area contributed by atoms with E-state index in [9.17, 15) is 9.59 Å². The maximum Gasteiger partial charge on any atom is 0.249 e. The number of carbonyl (C=O) groups excluding carboxylic acids is 2. The lowest BCUT2D eigenvalue weighted by atomic mass is 9.98. The minimum atomic E-state index is -0.131. The highest BCUT2D eigenvalue weighted by Gasteiger charge is 2.28. The lowest BCUT2D eigenvalue weighted by Crippen LogP contribution is -2.55. The molecule has 5 nitrogen and oxygen atoms in total. The van der Waals surface area contributed by atoms with Gasteiger partial charge in [-0.2, -0.15) is 0 Å². The SMILES string of the molecule is CC(C)NC(=O)C(C)N1CCN(C(=O)C2=CCCCC2)CC1. The van der Waals surface area contributed by atoms with Crippen LogP contribution >= 0.6 is 0 Å². The molecule has 1 aliphatic carbocycles. The highest BCUT2D eigenvalue weighted by atomic mass is 16.2. The Labute approximate surface area is 133 Å². The molecule has 0 aromatic heterocycles. The normalized spacial score (nSPS) is 21.5. The Kier molecular flexibility index (Phi) is 6.00. The Morgan fingerprint density at radius 1 is 1.09 bits per heavy atom. The van der Waals surface area contributed by atoms with Crippen molar-refractivity contribution in [3.63, 3.8) is 0 Å². The molecular weight excluding hydrogens is 278 g/mol. The van der Waals surface area contributed by atoms with E-state index in [4.69, 9.17) is 0 Å². The van der Waals surface area contributed by atoms with Crippen LogP contribution in [0.25, 0.3) is 0 Å². The van der Waals surface area contributed by atoms with Crippen LogP contribution in [0.5, 0.6) is 0 Å². The molecule has 124 valence electrons. The van der Waals surface area contributed by atoms with Gasteiger partial charge in [-0.3, -0.25) is 14.5 Å². The summed E-state index contributed by atoms with van der Waals surface area (Å²) in [4.78, 5) is 28.7. The fourth-order valence-electron chi connectivity index (χ4n) is 3.12. The Balaban J connectivity index is 1.83. The number of piperazine rings is 1. The van der Waals surface area contributed by atoms with Gasteiger partial charge in [-0.25, -0.2) is 0 Å². The minimum absolute atomic E-state index is 0.0739. The van der Waals surface area contributed by atoms with E-state index >= 15 is 0 Å². The van der Waals surface area contributed by atoms with Gasteiger partial charge >= 0.3 is 0 Å². The summed E-state index contributed by atoms with van der Waals surface area (Å²) in [7, 11) is 0. The van der Waals surface area contributed by atoms with Gasteiger partial charge in [0, 0.05) is 37.8 Å². The molecule has 0 aromatic rings. The van der Waals surface area contributed by atoms with Crippen LogP contribution in [-0.4, -0.2) is 59.9 Å².